The van der Waals surface area contributed by atoms with Crippen LogP contribution in [0, 0.1) is 0 Å². The van der Waals surface area contributed by atoms with Gasteiger partial charge < -0.3 is 19.7 Å². The molecule has 5 nitrogen and oxygen atoms in total. The zero-order chi connectivity index (χ0) is 25.6. The molecule has 192 valence electrons. The number of nitrogens with one attached hydrogen (secondary N) is 1. The van der Waals surface area contributed by atoms with E-state index in [2.05, 4.69) is 53.8 Å². The molecule has 0 aromatic heterocycles. The lowest BCUT2D eigenvalue weighted by Crippen LogP contribution is -2.39. The number of benzene rings is 3. The summed E-state index contributed by atoms with van der Waals surface area (Å²) in [7, 11) is 1.64. The molecule has 0 radical (unpaired) electrons. The van der Waals surface area contributed by atoms with Crippen LogP contribution >= 0.6 is 11.6 Å². The minimum atomic E-state index is 0.0950. The summed E-state index contributed by atoms with van der Waals surface area (Å²) < 4.78 is 11.1. The van der Waals surface area contributed by atoms with Crippen molar-refractivity contribution >= 4 is 23.1 Å². The lowest BCUT2D eigenvalue weighted by Gasteiger charge is -2.29. The molecular weight excluding hydrogens is 484 g/mol. The van der Waals surface area contributed by atoms with Crippen LogP contribution in [0.3, 0.4) is 0 Å². The summed E-state index contributed by atoms with van der Waals surface area (Å²) >= 11 is 6.50. The summed E-state index contributed by atoms with van der Waals surface area (Å²) in [5, 5.41) is 3.98. The Morgan fingerprint density at radius 3 is 2.51 bits per heavy atom. The number of amides is 1. The lowest BCUT2D eigenvalue weighted by atomic mass is 9.91. The Morgan fingerprint density at radius 2 is 1.73 bits per heavy atom. The van der Waals surface area contributed by atoms with Crippen LogP contribution in [0.15, 0.2) is 78.4 Å². The molecule has 0 unspecified atom stereocenters. The first-order chi connectivity index (χ1) is 18.2. The Bertz CT molecular complexity index is 1270. The number of ether oxygens (including phenoxy) is 2. The monoisotopic (exact) mass is 516 g/mol. The summed E-state index contributed by atoms with van der Waals surface area (Å²) in [4.78, 5) is 16.1. The van der Waals surface area contributed by atoms with E-state index in [9.17, 15) is 4.79 Å². The molecule has 1 heterocycles. The largest absolute Gasteiger partial charge is 0.489 e. The number of hydrogen-bond donors (Lipinski definition) is 1. The molecule has 0 bridgehead atoms. The molecule has 6 heteroatoms. The van der Waals surface area contributed by atoms with E-state index in [0.717, 1.165) is 53.6 Å². The lowest BCUT2D eigenvalue weighted by molar-refractivity contribution is -0.128. The fourth-order valence-electron chi connectivity index (χ4n) is 4.90. The zero-order valence-corrected chi connectivity index (χ0v) is 22.0. The first-order valence-electron chi connectivity index (χ1n) is 12.9. The van der Waals surface area contributed by atoms with Crippen molar-refractivity contribution in [1.82, 2.24) is 10.2 Å². The van der Waals surface area contributed by atoms with Gasteiger partial charge in [-0.25, -0.2) is 0 Å². The molecule has 2 aliphatic rings. The number of carbonyl (C=O) groups excluding carboxylic acids is 1. The predicted octanol–water partition coefficient (Wildman–Crippen LogP) is 5.97. The highest BCUT2D eigenvalue weighted by Crippen LogP contribution is 2.36. The van der Waals surface area contributed by atoms with Gasteiger partial charge in [0.2, 0.25) is 0 Å². The standard InChI is InChI=1S/C31H33ClN2O3/c1-36-17-18-37-30-25(11-6-12-29(30)32)21-34(26-13-14-26)31(35)28-20-33-16-15-27(28)24-10-5-9-23(19-24)22-7-3-2-4-8-22/h2-12,19,26,33H,13-18,20-21H2,1H3. The summed E-state index contributed by atoms with van der Waals surface area (Å²) in [6, 6.07) is 24.9. The molecule has 0 spiro atoms. The van der Waals surface area contributed by atoms with Crippen LogP contribution in [0.4, 0.5) is 0 Å². The molecular formula is C31H33ClN2O3. The fraction of sp³-hybridized carbons (Fsp3) is 0.323. The summed E-state index contributed by atoms with van der Waals surface area (Å²) in [5.41, 5.74) is 6.36. The van der Waals surface area contributed by atoms with Crippen LogP contribution in [-0.4, -0.2) is 50.3 Å². The Labute approximate surface area is 224 Å². The molecule has 1 N–H and O–H groups in total. The highest BCUT2D eigenvalue weighted by atomic mass is 35.5. The van der Waals surface area contributed by atoms with Gasteiger partial charge in [-0.3, -0.25) is 4.79 Å². The number of para-hydroxylation sites is 1. The topological polar surface area (TPSA) is 50.8 Å². The number of methoxy groups -OCH3 is 1. The Kier molecular flexibility index (Phi) is 8.24. The quantitative estimate of drug-likeness (QED) is 0.337. The average molecular weight is 517 g/mol. The van der Waals surface area contributed by atoms with Crippen LogP contribution in [0.2, 0.25) is 5.02 Å². The van der Waals surface area contributed by atoms with E-state index in [1.54, 1.807) is 7.11 Å². The molecule has 0 atom stereocenters. The smallest absolute Gasteiger partial charge is 0.251 e. The van der Waals surface area contributed by atoms with E-state index in [1.807, 2.05) is 29.2 Å². The third-order valence-electron chi connectivity index (χ3n) is 6.97. The highest BCUT2D eigenvalue weighted by Gasteiger charge is 2.36. The summed E-state index contributed by atoms with van der Waals surface area (Å²) in [6.07, 6.45) is 2.86. The van der Waals surface area contributed by atoms with E-state index in [-0.39, 0.29) is 11.9 Å². The van der Waals surface area contributed by atoms with Crippen molar-refractivity contribution < 1.29 is 14.3 Å². The van der Waals surface area contributed by atoms with Gasteiger partial charge in [-0.05, 0) is 60.2 Å². The van der Waals surface area contributed by atoms with Crippen LogP contribution in [0.5, 0.6) is 5.75 Å². The summed E-state index contributed by atoms with van der Waals surface area (Å²) in [5.74, 6) is 0.726. The van der Waals surface area contributed by atoms with Crippen LogP contribution < -0.4 is 10.1 Å². The van der Waals surface area contributed by atoms with Crippen molar-refractivity contribution in [2.24, 2.45) is 0 Å². The normalized spacial score (nSPS) is 15.5. The van der Waals surface area contributed by atoms with Crippen LogP contribution in [-0.2, 0) is 16.1 Å². The molecule has 5 rings (SSSR count). The van der Waals surface area contributed by atoms with Gasteiger partial charge in [0.1, 0.15) is 12.4 Å². The van der Waals surface area contributed by atoms with Gasteiger partial charge in [-0.1, -0.05) is 72.3 Å². The minimum absolute atomic E-state index is 0.0950. The first-order valence-corrected chi connectivity index (χ1v) is 13.3. The molecule has 0 saturated heterocycles. The first kappa shape index (κ1) is 25.5. The van der Waals surface area contributed by atoms with Gasteiger partial charge in [0.15, 0.2) is 0 Å². The SMILES string of the molecule is COCCOc1c(Cl)cccc1CN(C(=O)C1=C(c2cccc(-c3ccccc3)c2)CCNC1)C1CC1. The van der Waals surface area contributed by atoms with E-state index in [4.69, 9.17) is 21.1 Å². The second kappa shape index (κ2) is 12.0. The third kappa shape index (κ3) is 6.07. The van der Waals surface area contributed by atoms with E-state index in [1.165, 1.54) is 5.56 Å². The van der Waals surface area contributed by atoms with Crippen LogP contribution in [0.1, 0.15) is 30.4 Å². The Hall–Kier alpha value is -3.12. The highest BCUT2D eigenvalue weighted by molar-refractivity contribution is 6.32. The molecule has 3 aromatic carbocycles. The fourth-order valence-corrected chi connectivity index (χ4v) is 5.15. The number of rotatable bonds is 10. The molecule has 1 aliphatic heterocycles. The van der Waals surface area contributed by atoms with Crippen molar-refractivity contribution in [2.75, 3.05) is 33.4 Å². The van der Waals surface area contributed by atoms with Crippen molar-refractivity contribution in [3.8, 4) is 16.9 Å². The number of nitrogens with zero attached hydrogens (tertiary/aromatic N) is 1. The van der Waals surface area contributed by atoms with Crippen LogP contribution in [0.25, 0.3) is 16.7 Å². The van der Waals surface area contributed by atoms with Gasteiger partial charge >= 0.3 is 0 Å². The minimum Gasteiger partial charge on any atom is -0.489 e. The predicted molar refractivity (Wildman–Crippen MR) is 149 cm³/mol. The Balaban J connectivity index is 1.46. The van der Waals surface area contributed by atoms with Gasteiger partial charge in [0.25, 0.3) is 5.91 Å². The molecule has 37 heavy (non-hydrogen) atoms. The van der Waals surface area contributed by atoms with Gasteiger partial charge in [-0.2, -0.15) is 0 Å². The second-order valence-corrected chi connectivity index (χ2v) is 9.97. The Morgan fingerprint density at radius 1 is 0.973 bits per heavy atom. The molecule has 3 aromatic rings. The third-order valence-corrected chi connectivity index (χ3v) is 7.26. The van der Waals surface area contributed by atoms with Crippen molar-refractivity contribution in [3.05, 3.63) is 94.5 Å². The maximum atomic E-state index is 14.1. The second-order valence-electron chi connectivity index (χ2n) is 9.56. The number of hydrogen-bond acceptors (Lipinski definition) is 4. The number of halogens is 1. The molecule has 1 amide bonds. The van der Waals surface area contributed by atoms with Gasteiger partial charge in [0.05, 0.1) is 11.6 Å². The van der Waals surface area contributed by atoms with E-state index < -0.39 is 0 Å². The van der Waals surface area contributed by atoms with E-state index >= 15 is 0 Å². The maximum absolute atomic E-state index is 14.1. The molecule has 1 aliphatic carbocycles. The molecule has 1 fully saturated rings. The van der Waals surface area contributed by atoms with Crippen molar-refractivity contribution in [1.29, 1.82) is 0 Å². The molecule has 1 saturated carbocycles. The van der Waals surface area contributed by atoms with Gasteiger partial charge in [-0.15, -0.1) is 0 Å². The average Bonchev–Trinajstić information content (AvgIpc) is 3.79. The van der Waals surface area contributed by atoms with Gasteiger partial charge in [0, 0.05) is 37.4 Å². The van der Waals surface area contributed by atoms with E-state index in [0.29, 0.717) is 37.1 Å². The maximum Gasteiger partial charge on any atom is 0.251 e. The number of carbonyl (C=O) groups is 1. The van der Waals surface area contributed by atoms with Crippen molar-refractivity contribution in [2.45, 2.75) is 31.8 Å². The van der Waals surface area contributed by atoms with Crippen molar-refractivity contribution in [3.63, 3.8) is 0 Å². The zero-order valence-electron chi connectivity index (χ0n) is 21.2. The summed E-state index contributed by atoms with van der Waals surface area (Å²) in [6.45, 7) is 2.77.